The maximum atomic E-state index is 11.9. The Balaban J connectivity index is 2.12. The fraction of sp³-hybridized carbons (Fsp3) is 0.615. The number of anilines is 1. The number of piperidine rings is 1. The molecule has 0 amide bonds. The highest BCUT2D eigenvalue weighted by Gasteiger charge is 2.15. The summed E-state index contributed by atoms with van der Waals surface area (Å²) < 4.78 is 1.21. The second kappa shape index (κ2) is 5.86. The summed E-state index contributed by atoms with van der Waals surface area (Å²) in [7, 11) is 0. The molecule has 0 saturated carbocycles. The largest absolute Gasteiger partial charge is 0.481 e. The summed E-state index contributed by atoms with van der Waals surface area (Å²) in [5, 5.41) is 12.9. The zero-order chi connectivity index (χ0) is 13.8. The molecule has 1 aromatic rings. The summed E-state index contributed by atoms with van der Waals surface area (Å²) in [6.07, 6.45) is 5.16. The summed E-state index contributed by atoms with van der Waals surface area (Å²) in [5.41, 5.74) is 0.597. The third kappa shape index (κ3) is 3.33. The Morgan fingerprint density at radius 3 is 2.68 bits per heavy atom. The van der Waals surface area contributed by atoms with Gasteiger partial charge >= 0.3 is 5.97 Å². The molecule has 2 heterocycles. The van der Waals surface area contributed by atoms with Crippen LogP contribution in [0.15, 0.2) is 17.1 Å². The molecule has 1 aromatic heterocycles. The van der Waals surface area contributed by atoms with Crippen LogP contribution < -0.4 is 10.5 Å². The van der Waals surface area contributed by atoms with E-state index in [1.54, 1.807) is 19.2 Å². The first-order valence-corrected chi connectivity index (χ1v) is 6.63. The van der Waals surface area contributed by atoms with Crippen LogP contribution in [0.4, 0.5) is 5.69 Å². The number of hydrogen-bond acceptors (Lipinski definition) is 4. The molecule has 1 atom stereocenters. The standard InChI is InChI=1S/C13H19N3O3/c1-10(13(18)19)9-16-12(17)7-11(8-14-16)15-5-3-2-4-6-15/h7-8,10H,2-6,9H2,1H3,(H,18,19). The van der Waals surface area contributed by atoms with Gasteiger partial charge in [0.2, 0.25) is 0 Å². The molecule has 6 nitrogen and oxygen atoms in total. The normalized spacial score (nSPS) is 17.2. The van der Waals surface area contributed by atoms with Gasteiger partial charge in [0.15, 0.2) is 0 Å². The molecule has 1 aliphatic rings. The molecule has 1 saturated heterocycles. The van der Waals surface area contributed by atoms with Crippen molar-refractivity contribution in [2.24, 2.45) is 5.92 Å². The van der Waals surface area contributed by atoms with Crippen LogP contribution in [0.1, 0.15) is 26.2 Å². The van der Waals surface area contributed by atoms with Crippen LogP contribution in [0.3, 0.4) is 0 Å². The van der Waals surface area contributed by atoms with Crippen LogP contribution in [0, 0.1) is 5.92 Å². The summed E-state index contributed by atoms with van der Waals surface area (Å²) in [6, 6.07) is 1.55. The Labute approximate surface area is 111 Å². The zero-order valence-electron chi connectivity index (χ0n) is 11.1. The van der Waals surface area contributed by atoms with Crippen molar-refractivity contribution < 1.29 is 9.90 Å². The van der Waals surface area contributed by atoms with Crippen molar-refractivity contribution in [2.75, 3.05) is 18.0 Å². The molecule has 0 bridgehead atoms. The highest BCUT2D eigenvalue weighted by atomic mass is 16.4. The average Bonchev–Trinajstić information content (AvgIpc) is 2.41. The predicted molar refractivity (Wildman–Crippen MR) is 71.4 cm³/mol. The molecule has 0 radical (unpaired) electrons. The van der Waals surface area contributed by atoms with E-state index in [1.165, 1.54) is 11.1 Å². The smallest absolute Gasteiger partial charge is 0.308 e. The van der Waals surface area contributed by atoms with E-state index in [0.717, 1.165) is 31.6 Å². The van der Waals surface area contributed by atoms with E-state index in [4.69, 9.17) is 5.11 Å². The van der Waals surface area contributed by atoms with E-state index in [-0.39, 0.29) is 12.1 Å². The van der Waals surface area contributed by atoms with Crippen molar-refractivity contribution in [1.82, 2.24) is 9.78 Å². The molecule has 6 heteroatoms. The van der Waals surface area contributed by atoms with Crippen LogP contribution in [0.2, 0.25) is 0 Å². The second-order valence-corrected chi connectivity index (χ2v) is 5.02. The Bertz CT molecular complexity index is 506. The lowest BCUT2D eigenvalue weighted by molar-refractivity contribution is -0.141. The summed E-state index contributed by atoms with van der Waals surface area (Å²) in [4.78, 5) is 24.9. The lowest BCUT2D eigenvalue weighted by atomic mass is 10.1. The number of nitrogens with zero attached hydrogens (tertiary/aromatic N) is 3. The van der Waals surface area contributed by atoms with Gasteiger partial charge < -0.3 is 10.0 Å². The molecule has 0 aromatic carbocycles. The summed E-state index contributed by atoms with van der Waals surface area (Å²) in [6.45, 7) is 3.58. The van der Waals surface area contributed by atoms with Crippen LogP contribution >= 0.6 is 0 Å². The Kier molecular flexibility index (Phi) is 4.19. The first-order valence-electron chi connectivity index (χ1n) is 6.63. The SMILES string of the molecule is CC(Cn1ncc(N2CCCCC2)cc1=O)C(=O)O. The van der Waals surface area contributed by atoms with Gasteiger partial charge in [0.25, 0.3) is 5.56 Å². The fourth-order valence-electron chi connectivity index (χ4n) is 2.22. The Morgan fingerprint density at radius 1 is 1.42 bits per heavy atom. The van der Waals surface area contributed by atoms with Crippen LogP contribution in [0.25, 0.3) is 0 Å². The molecular formula is C13H19N3O3. The molecule has 1 N–H and O–H groups in total. The van der Waals surface area contributed by atoms with Gasteiger partial charge in [-0.15, -0.1) is 0 Å². The third-order valence-corrected chi connectivity index (χ3v) is 3.44. The predicted octanol–water partition coefficient (Wildman–Crippen LogP) is 0.954. The van der Waals surface area contributed by atoms with Gasteiger partial charge in [0, 0.05) is 19.2 Å². The van der Waals surface area contributed by atoms with Crippen molar-refractivity contribution >= 4 is 11.7 Å². The highest BCUT2D eigenvalue weighted by molar-refractivity contribution is 5.69. The molecule has 0 spiro atoms. The van der Waals surface area contributed by atoms with E-state index in [0.29, 0.717) is 0 Å². The van der Waals surface area contributed by atoms with Crippen LogP contribution in [0.5, 0.6) is 0 Å². The number of rotatable bonds is 4. The summed E-state index contributed by atoms with van der Waals surface area (Å²) >= 11 is 0. The lowest BCUT2D eigenvalue weighted by Crippen LogP contribution is -2.33. The third-order valence-electron chi connectivity index (χ3n) is 3.44. The topological polar surface area (TPSA) is 75.4 Å². The number of hydrogen-bond donors (Lipinski definition) is 1. The molecular weight excluding hydrogens is 246 g/mol. The van der Waals surface area contributed by atoms with Crippen molar-refractivity contribution in [3.63, 3.8) is 0 Å². The first-order chi connectivity index (χ1) is 9.08. The minimum absolute atomic E-state index is 0.106. The number of aromatic nitrogens is 2. The van der Waals surface area contributed by atoms with E-state index in [2.05, 4.69) is 10.00 Å². The molecule has 1 unspecified atom stereocenters. The van der Waals surface area contributed by atoms with Gasteiger partial charge in [-0.1, -0.05) is 6.92 Å². The van der Waals surface area contributed by atoms with Crippen molar-refractivity contribution in [1.29, 1.82) is 0 Å². The maximum absolute atomic E-state index is 11.9. The van der Waals surface area contributed by atoms with Crippen molar-refractivity contribution in [2.45, 2.75) is 32.7 Å². The molecule has 19 heavy (non-hydrogen) atoms. The minimum atomic E-state index is -0.922. The lowest BCUT2D eigenvalue weighted by Gasteiger charge is -2.28. The second-order valence-electron chi connectivity index (χ2n) is 5.02. The van der Waals surface area contributed by atoms with Crippen molar-refractivity contribution in [3.05, 3.63) is 22.6 Å². The number of carbonyl (C=O) groups is 1. The molecule has 0 aliphatic carbocycles. The molecule has 1 aliphatic heterocycles. The van der Waals surface area contributed by atoms with Gasteiger partial charge in [-0.2, -0.15) is 5.10 Å². The summed E-state index contributed by atoms with van der Waals surface area (Å²) in [5.74, 6) is -1.54. The fourth-order valence-corrected chi connectivity index (χ4v) is 2.22. The van der Waals surface area contributed by atoms with E-state index < -0.39 is 11.9 Å². The highest BCUT2D eigenvalue weighted by Crippen LogP contribution is 2.16. The zero-order valence-corrected chi connectivity index (χ0v) is 11.1. The number of carboxylic acids is 1. The van der Waals surface area contributed by atoms with Crippen molar-refractivity contribution in [3.8, 4) is 0 Å². The van der Waals surface area contributed by atoms with Gasteiger partial charge in [0.1, 0.15) is 0 Å². The quantitative estimate of drug-likeness (QED) is 0.877. The van der Waals surface area contributed by atoms with E-state index >= 15 is 0 Å². The molecule has 1 fully saturated rings. The van der Waals surface area contributed by atoms with Gasteiger partial charge in [-0.05, 0) is 19.3 Å². The monoisotopic (exact) mass is 265 g/mol. The number of carboxylic acid groups (broad SMARTS) is 1. The van der Waals surface area contributed by atoms with Gasteiger partial charge in [-0.25, -0.2) is 4.68 Å². The average molecular weight is 265 g/mol. The maximum Gasteiger partial charge on any atom is 0.308 e. The van der Waals surface area contributed by atoms with Gasteiger partial charge in [0.05, 0.1) is 24.3 Å². The Hall–Kier alpha value is -1.85. The number of aliphatic carboxylic acids is 1. The molecule has 104 valence electrons. The van der Waals surface area contributed by atoms with Gasteiger partial charge in [-0.3, -0.25) is 9.59 Å². The van der Waals surface area contributed by atoms with E-state index in [1.807, 2.05) is 0 Å². The minimum Gasteiger partial charge on any atom is -0.481 e. The van der Waals surface area contributed by atoms with Crippen LogP contribution in [-0.2, 0) is 11.3 Å². The molecule has 2 rings (SSSR count). The first kappa shape index (κ1) is 13.6. The Morgan fingerprint density at radius 2 is 2.11 bits per heavy atom. The van der Waals surface area contributed by atoms with Crippen LogP contribution in [-0.4, -0.2) is 33.9 Å². The van der Waals surface area contributed by atoms with E-state index in [9.17, 15) is 9.59 Å².